The lowest BCUT2D eigenvalue weighted by atomic mass is 10.1. The van der Waals surface area contributed by atoms with E-state index in [1.54, 1.807) is 6.08 Å². The van der Waals surface area contributed by atoms with E-state index in [9.17, 15) is 9.59 Å². The maximum atomic E-state index is 12.6. The Morgan fingerprint density at radius 3 is 2.70 bits per heavy atom. The third kappa shape index (κ3) is 4.09. The van der Waals surface area contributed by atoms with E-state index >= 15 is 0 Å². The molecular formula is C24H21BrN2O3. The van der Waals surface area contributed by atoms with E-state index in [-0.39, 0.29) is 17.6 Å². The van der Waals surface area contributed by atoms with Crippen molar-refractivity contribution in [2.75, 3.05) is 6.54 Å². The van der Waals surface area contributed by atoms with Crippen LogP contribution in [0.2, 0.25) is 0 Å². The van der Waals surface area contributed by atoms with Gasteiger partial charge in [-0.05, 0) is 47.0 Å². The molecule has 1 heterocycles. The number of amides is 3. The number of carbonyl (C=O) groups excluding carboxylic acids is 2. The summed E-state index contributed by atoms with van der Waals surface area (Å²) >= 11 is 3.47. The zero-order valence-corrected chi connectivity index (χ0v) is 18.1. The van der Waals surface area contributed by atoms with Crippen molar-refractivity contribution in [3.05, 3.63) is 82.0 Å². The quantitative estimate of drug-likeness (QED) is 0.387. The zero-order valence-electron chi connectivity index (χ0n) is 16.5. The first-order valence-corrected chi connectivity index (χ1v) is 10.6. The van der Waals surface area contributed by atoms with Crippen LogP contribution in [-0.2, 0) is 11.4 Å². The lowest BCUT2D eigenvalue weighted by molar-refractivity contribution is -0.122. The number of halogens is 1. The van der Waals surface area contributed by atoms with Gasteiger partial charge in [0.05, 0.1) is 0 Å². The molecule has 3 aromatic rings. The summed E-state index contributed by atoms with van der Waals surface area (Å²) in [6.07, 6.45) is 2.38. The summed E-state index contributed by atoms with van der Waals surface area (Å²) in [7, 11) is 0. The maximum absolute atomic E-state index is 12.6. The van der Waals surface area contributed by atoms with Crippen molar-refractivity contribution in [2.24, 2.45) is 0 Å². The smallest absolute Gasteiger partial charge is 0.329 e. The molecule has 1 fully saturated rings. The van der Waals surface area contributed by atoms with Crippen LogP contribution in [0, 0.1) is 0 Å². The Morgan fingerprint density at radius 1 is 1.07 bits per heavy atom. The van der Waals surface area contributed by atoms with Gasteiger partial charge in [-0.2, -0.15) is 0 Å². The van der Waals surface area contributed by atoms with E-state index in [1.165, 1.54) is 4.90 Å². The second-order valence-electron chi connectivity index (χ2n) is 7.05. The van der Waals surface area contributed by atoms with Crippen LogP contribution in [0.5, 0.6) is 5.75 Å². The third-order valence-corrected chi connectivity index (χ3v) is 5.44. The number of fused-ring (bicyclic) bond motifs is 1. The van der Waals surface area contributed by atoms with Gasteiger partial charge in [-0.1, -0.05) is 65.3 Å². The molecule has 1 aliphatic heterocycles. The van der Waals surface area contributed by atoms with Crippen LogP contribution in [0.3, 0.4) is 0 Å². The number of imide groups is 1. The summed E-state index contributed by atoms with van der Waals surface area (Å²) < 4.78 is 6.99. The van der Waals surface area contributed by atoms with Gasteiger partial charge in [0, 0.05) is 16.6 Å². The molecule has 1 saturated heterocycles. The van der Waals surface area contributed by atoms with E-state index in [4.69, 9.17) is 4.74 Å². The number of ether oxygens (including phenoxy) is 1. The highest BCUT2D eigenvalue weighted by atomic mass is 79.9. The van der Waals surface area contributed by atoms with Crippen molar-refractivity contribution < 1.29 is 14.3 Å². The lowest BCUT2D eigenvalue weighted by Crippen LogP contribution is -2.31. The van der Waals surface area contributed by atoms with Crippen LogP contribution in [0.4, 0.5) is 4.79 Å². The molecule has 0 bridgehead atoms. The summed E-state index contributed by atoms with van der Waals surface area (Å²) in [6.45, 7) is 2.71. The minimum atomic E-state index is -0.388. The van der Waals surface area contributed by atoms with Crippen molar-refractivity contribution in [2.45, 2.75) is 20.0 Å². The SMILES string of the molecule is CCCN1C(=O)N/C(=C/c2cc(Br)ccc2OCc2cccc3ccccc23)C1=O. The average molecular weight is 465 g/mol. The molecule has 0 unspecified atom stereocenters. The van der Waals surface area contributed by atoms with Gasteiger partial charge in [-0.3, -0.25) is 9.69 Å². The number of benzene rings is 3. The first kappa shape index (κ1) is 20.2. The van der Waals surface area contributed by atoms with Crippen molar-refractivity contribution in [3.8, 4) is 5.75 Å². The molecule has 0 aliphatic carbocycles. The van der Waals surface area contributed by atoms with Crippen LogP contribution in [-0.4, -0.2) is 23.4 Å². The number of urea groups is 1. The number of nitrogens with one attached hydrogen (secondary N) is 1. The Labute approximate surface area is 183 Å². The van der Waals surface area contributed by atoms with E-state index in [1.807, 2.05) is 49.4 Å². The normalized spacial score (nSPS) is 15.1. The molecular weight excluding hydrogens is 444 g/mol. The van der Waals surface area contributed by atoms with Crippen LogP contribution in [0.25, 0.3) is 16.8 Å². The summed E-state index contributed by atoms with van der Waals surface area (Å²) in [5.74, 6) is 0.316. The van der Waals surface area contributed by atoms with E-state index in [2.05, 4.69) is 39.4 Å². The topological polar surface area (TPSA) is 58.6 Å². The number of rotatable bonds is 6. The molecule has 1 aliphatic rings. The van der Waals surface area contributed by atoms with E-state index in [0.717, 1.165) is 20.8 Å². The molecule has 5 nitrogen and oxygen atoms in total. The van der Waals surface area contributed by atoms with Gasteiger partial charge in [-0.25, -0.2) is 4.79 Å². The predicted molar refractivity (Wildman–Crippen MR) is 121 cm³/mol. The Balaban J connectivity index is 1.61. The molecule has 6 heteroatoms. The Bertz CT molecular complexity index is 1150. The van der Waals surface area contributed by atoms with E-state index < -0.39 is 0 Å². The van der Waals surface area contributed by atoms with Gasteiger partial charge in [-0.15, -0.1) is 0 Å². The fourth-order valence-electron chi connectivity index (χ4n) is 3.49. The van der Waals surface area contributed by atoms with Gasteiger partial charge >= 0.3 is 6.03 Å². The molecule has 0 spiro atoms. The number of carbonyl (C=O) groups is 2. The second-order valence-corrected chi connectivity index (χ2v) is 7.97. The molecule has 3 aromatic carbocycles. The summed E-state index contributed by atoms with van der Waals surface area (Å²) in [6, 6.07) is 19.5. The molecule has 0 aromatic heterocycles. The van der Waals surface area contributed by atoms with Crippen molar-refractivity contribution in [3.63, 3.8) is 0 Å². The van der Waals surface area contributed by atoms with Crippen LogP contribution in [0.1, 0.15) is 24.5 Å². The fourth-order valence-corrected chi connectivity index (χ4v) is 3.87. The molecule has 4 rings (SSSR count). The zero-order chi connectivity index (χ0) is 21.1. The van der Waals surface area contributed by atoms with Gasteiger partial charge in [0.15, 0.2) is 0 Å². The standard InChI is InChI=1S/C24H21BrN2O3/c1-2-12-27-23(28)21(26-24(27)29)14-18-13-19(25)10-11-22(18)30-15-17-8-5-7-16-6-3-4-9-20(16)17/h3-11,13-14H,2,12,15H2,1H3,(H,26,29)/b21-14+. The highest BCUT2D eigenvalue weighted by molar-refractivity contribution is 9.10. The lowest BCUT2D eigenvalue weighted by Gasteiger charge is -2.12. The molecule has 1 N–H and O–H groups in total. The first-order valence-electron chi connectivity index (χ1n) is 9.80. The molecule has 0 atom stereocenters. The number of hydrogen-bond acceptors (Lipinski definition) is 3. The highest BCUT2D eigenvalue weighted by Crippen LogP contribution is 2.28. The average Bonchev–Trinajstić information content (AvgIpc) is 3.01. The van der Waals surface area contributed by atoms with Gasteiger partial charge in [0.2, 0.25) is 0 Å². The van der Waals surface area contributed by atoms with Gasteiger partial charge < -0.3 is 10.1 Å². The van der Waals surface area contributed by atoms with Gasteiger partial charge in [0.1, 0.15) is 18.1 Å². The third-order valence-electron chi connectivity index (χ3n) is 4.94. The molecule has 3 amide bonds. The Morgan fingerprint density at radius 2 is 1.87 bits per heavy atom. The summed E-state index contributed by atoms with van der Waals surface area (Å²) in [5, 5.41) is 4.96. The number of hydrogen-bond donors (Lipinski definition) is 1. The molecule has 0 radical (unpaired) electrons. The van der Waals surface area contributed by atoms with Crippen LogP contribution >= 0.6 is 15.9 Å². The maximum Gasteiger partial charge on any atom is 0.329 e. The molecule has 30 heavy (non-hydrogen) atoms. The largest absolute Gasteiger partial charge is 0.488 e. The second kappa shape index (κ2) is 8.71. The Hall–Kier alpha value is -3.12. The summed E-state index contributed by atoms with van der Waals surface area (Å²) in [5.41, 5.74) is 2.04. The molecule has 152 valence electrons. The predicted octanol–water partition coefficient (Wildman–Crippen LogP) is 5.48. The van der Waals surface area contributed by atoms with Gasteiger partial charge in [0.25, 0.3) is 5.91 Å². The first-order chi connectivity index (χ1) is 14.6. The van der Waals surface area contributed by atoms with E-state index in [0.29, 0.717) is 30.9 Å². The number of nitrogens with zero attached hydrogens (tertiary/aromatic N) is 1. The highest BCUT2D eigenvalue weighted by Gasteiger charge is 2.32. The van der Waals surface area contributed by atoms with Crippen LogP contribution in [0.15, 0.2) is 70.8 Å². The summed E-state index contributed by atoms with van der Waals surface area (Å²) in [4.78, 5) is 25.9. The van der Waals surface area contributed by atoms with Crippen molar-refractivity contribution in [1.82, 2.24) is 10.2 Å². The Kier molecular flexibility index (Phi) is 5.86. The van der Waals surface area contributed by atoms with Crippen molar-refractivity contribution >= 4 is 44.7 Å². The monoisotopic (exact) mass is 464 g/mol. The minimum absolute atomic E-state index is 0.251. The van der Waals surface area contributed by atoms with Crippen LogP contribution < -0.4 is 10.1 Å². The molecule has 0 saturated carbocycles. The minimum Gasteiger partial charge on any atom is -0.488 e. The van der Waals surface area contributed by atoms with Crippen molar-refractivity contribution in [1.29, 1.82) is 0 Å². The fraction of sp³-hybridized carbons (Fsp3) is 0.167.